The van der Waals surface area contributed by atoms with Crippen LogP contribution in [0.1, 0.15) is 52.4 Å². The molecule has 4 N–H and O–H groups in total. The minimum Gasteiger partial charge on any atom is -0.479 e. The molecule has 0 bridgehead atoms. The van der Waals surface area contributed by atoms with Crippen LogP contribution in [0.25, 0.3) is 0 Å². The smallest absolute Gasteiger partial charge is 0.332 e. The van der Waals surface area contributed by atoms with Crippen LogP contribution in [0.3, 0.4) is 0 Å². The highest BCUT2D eigenvalue weighted by Crippen LogP contribution is 2.08. The minimum absolute atomic E-state index is 0.0119. The maximum atomic E-state index is 11.3. The fourth-order valence-corrected chi connectivity index (χ4v) is 1.74. The van der Waals surface area contributed by atoms with Gasteiger partial charge in [-0.2, -0.15) is 0 Å². The van der Waals surface area contributed by atoms with Gasteiger partial charge in [-0.25, -0.2) is 9.59 Å². The molecule has 118 valence electrons. The lowest BCUT2D eigenvalue weighted by Crippen LogP contribution is -2.38. The van der Waals surface area contributed by atoms with E-state index in [0.29, 0.717) is 6.54 Å². The Balaban J connectivity index is 3.35. The van der Waals surface area contributed by atoms with Gasteiger partial charge in [0.1, 0.15) is 0 Å². The van der Waals surface area contributed by atoms with E-state index < -0.39 is 12.1 Å². The highest BCUT2D eigenvalue weighted by atomic mass is 16.4. The molecule has 6 heteroatoms. The lowest BCUT2D eigenvalue weighted by atomic mass is 10.0. The summed E-state index contributed by atoms with van der Waals surface area (Å²) in [4.78, 5) is 21.7. The number of carboxylic acids is 1. The number of hydrogen-bond acceptors (Lipinski definition) is 3. The highest BCUT2D eigenvalue weighted by molar-refractivity contribution is 5.74. The summed E-state index contributed by atoms with van der Waals surface area (Å²) in [7, 11) is 0. The predicted molar refractivity (Wildman–Crippen MR) is 77.6 cm³/mol. The van der Waals surface area contributed by atoms with Gasteiger partial charge in [0.15, 0.2) is 6.10 Å². The van der Waals surface area contributed by atoms with Crippen LogP contribution in [0.5, 0.6) is 0 Å². The first-order valence-electron chi connectivity index (χ1n) is 7.36. The number of hydrogen-bond donors (Lipinski definition) is 4. The summed E-state index contributed by atoms with van der Waals surface area (Å²) in [6.45, 7) is 5.20. The molecule has 0 aliphatic carbocycles. The van der Waals surface area contributed by atoms with E-state index in [9.17, 15) is 9.59 Å². The number of carbonyl (C=O) groups excluding carboxylic acids is 1. The molecule has 0 fully saturated rings. The van der Waals surface area contributed by atoms with E-state index >= 15 is 0 Å². The lowest BCUT2D eigenvalue weighted by molar-refractivity contribution is -0.146. The van der Waals surface area contributed by atoms with E-state index in [4.69, 9.17) is 10.2 Å². The molecule has 0 aromatic heterocycles. The average molecular weight is 288 g/mol. The molecule has 0 spiro atoms. The molecule has 0 aliphatic heterocycles. The second-order valence-corrected chi connectivity index (χ2v) is 5.42. The van der Waals surface area contributed by atoms with Gasteiger partial charge >= 0.3 is 12.0 Å². The van der Waals surface area contributed by atoms with E-state index in [0.717, 1.165) is 18.8 Å². The molecule has 0 saturated heterocycles. The first-order valence-corrected chi connectivity index (χ1v) is 7.36. The third kappa shape index (κ3) is 11.8. The van der Waals surface area contributed by atoms with Crippen LogP contribution in [0, 0.1) is 5.92 Å². The zero-order valence-electron chi connectivity index (χ0n) is 12.5. The molecule has 0 heterocycles. The molecule has 0 rings (SSSR count). The van der Waals surface area contributed by atoms with Crippen LogP contribution in [0.2, 0.25) is 0 Å². The molecule has 1 atom stereocenters. The summed E-state index contributed by atoms with van der Waals surface area (Å²) in [6, 6.07) is -0.315. The second kappa shape index (κ2) is 11.5. The zero-order valence-corrected chi connectivity index (χ0v) is 12.5. The third-order valence-electron chi connectivity index (χ3n) is 2.98. The lowest BCUT2D eigenvalue weighted by Gasteiger charge is -2.09. The minimum atomic E-state index is -1.42. The van der Waals surface area contributed by atoms with Crippen molar-refractivity contribution in [2.24, 2.45) is 5.92 Å². The topological polar surface area (TPSA) is 98.7 Å². The van der Waals surface area contributed by atoms with Gasteiger partial charge < -0.3 is 20.8 Å². The van der Waals surface area contributed by atoms with Gasteiger partial charge in [0.25, 0.3) is 0 Å². The van der Waals surface area contributed by atoms with Gasteiger partial charge in [0.05, 0.1) is 0 Å². The van der Waals surface area contributed by atoms with Crippen molar-refractivity contribution in [3.63, 3.8) is 0 Å². The zero-order chi connectivity index (χ0) is 15.4. The van der Waals surface area contributed by atoms with Crippen LogP contribution in [-0.4, -0.2) is 41.4 Å². The quantitative estimate of drug-likeness (QED) is 0.435. The Kier molecular flexibility index (Phi) is 10.8. The average Bonchev–Trinajstić information content (AvgIpc) is 2.36. The van der Waals surface area contributed by atoms with E-state index in [2.05, 4.69) is 24.5 Å². The first-order chi connectivity index (χ1) is 9.43. The summed E-state index contributed by atoms with van der Waals surface area (Å²) >= 11 is 0. The van der Waals surface area contributed by atoms with Crippen molar-refractivity contribution >= 4 is 12.0 Å². The number of rotatable bonds is 11. The Morgan fingerprint density at radius 2 is 1.55 bits per heavy atom. The SMILES string of the molecule is CC(C)CCCCCCNC(=O)NCC[C@H](O)C(=O)O. The van der Waals surface area contributed by atoms with Crippen LogP contribution < -0.4 is 10.6 Å². The molecule has 0 unspecified atom stereocenters. The molecule has 2 amide bonds. The molecule has 0 aliphatic rings. The van der Waals surface area contributed by atoms with Gasteiger partial charge in [-0.1, -0.05) is 39.5 Å². The van der Waals surface area contributed by atoms with Crippen molar-refractivity contribution < 1.29 is 19.8 Å². The van der Waals surface area contributed by atoms with E-state index in [-0.39, 0.29) is 19.0 Å². The highest BCUT2D eigenvalue weighted by Gasteiger charge is 2.12. The Labute approximate surface area is 120 Å². The van der Waals surface area contributed by atoms with Crippen molar-refractivity contribution in [3.05, 3.63) is 0 Å². The van der Waals surface area contributed by atoms with Crippen LogP contribution in [-0.2, 0) is 4.79 Å². The molecular weight excluding hydrogens is 260 g/mol. The van der Waals surface area contributed by atoms with E-state index in [1.54, 1.807) is 0 Å². The van der Waals surface area contributed by atoms with Gasteiger partial charge in [0, 0.05) is 19.5 Å². The maximum Gasteiger partial charge on any atom is 0.332 e. The number of carbonyl (C=O) groups is 2. The monoisotopic (exact) mass is 288 g/mol. The van der Waals surface area contributed by atoms with Crippen molar-refractivity contribution in [2.45, 2.75) is 58.5 Å². The Morgan fingerprint density at radius 1 is 0.950 bits per heavy atom. The van der Waals surface area contributed by atoms with Crippen molar-refractivity contribution in [2.75, 3.05) is 13.1 Å². The first kappa shape index (κ1) is 18.7. The number of urea groups is 1. The Bertz CT molecular complexity index is 282. The normalized spacial score (nSPS) is 12.2. The van der Waals surface area contributed by atoms with Gasteiger partial charge in [-0.15, -0.1) is 0 Å². The van der Waals surface area contributed by atoms with Gasteiger partial charge in [-0.05, 0) is 12.3 Å². The molecule has 6 nitrogen and oxygen atoms in total. The summed E-state index contributed by atoms with van der Waals surface area (Å²) in [6.07, 6.45) is 4.31. The van der Waals surface area contributed by atoms with E-state index in [1.807, 2.05) is 0 Å². The van der Waals surface area contributed by atoms with Crippen molar-refractivity contribution in [1.82, 2.24) is 10.6 Å². The number of aliphatic hydroxyl groups excluding tert-OH is 1. The fourth-order valence-electron chi connectivity index (χ4n) is 1.74. The molecular formula is C14H28N2O4. The molecule has 0 radical (unpaired) electrons. The number of nitrogens with one attached hydrogen (secondary N) is 2. The van der Waals surface area contributed by atoms with Crippen molar-refractivity contribution in [1.29, 1.82) is 0 Å². The van der Waals surface area contributed by atoms with Gasteiger partial charge in [0.2, 0.25) is 0 Å². The van der Waals surface area contributed by atoms with Crippen LogP contribution in [0.4, 0.5) is 4.79 Å². The van der Waals surface area contributed by atoms with Gasteiger partial charge in [-0.3, -0.25) is 0 Å². The number of aliphatic carboxylic acids is 1. The predicted octanol–water partition coefficient (Wildman–Crippen LogP) is 1.73. The van der Waals surface area contributed by atoms with Crippen LogP contribution >= 0.6 is 0 Å². The van der Waals surface area contributed by atoms with Crippen LogP contribution in [0.15, 0.2) is 0 Å². The maximum absolute atomic E-state index is 11.3. The Morgan fingerprint density at radius 3 is 2.15 bits per heavy atom. The number of aliphatic hydroxyl groups is 1. The summed E-state index contributed by atoms with van der Waals surface area (Å²) in [5, 5.41) is 22.7. The largest absolute Gasteiger partial charge is 0.479 e. The molecule has 0 aromatic carbocycles. The molecule has 0 saturated carbocycles. The fraction of sp³-hybridized carbons (Fsp3) is 0.857. The van der Waals surface area contributed by atoms with Crippen molar-refractivity contribution in [3.8, 4) is 0 Å². The third-order valence-corrected chi connectivity index (χ3v) is 2.98. The summed E-state index contributed by atoms with van der Waals surface area (Å²) < 4.78 is 0. The summed E-state index contributed by atoms with van der Waals surface area (Å²) in [5.74, 6) is -0.520. The number of unbranched alkanes of at least 4 members (excludes halogenated alkanes) is 3. The molecule has 20 heavy (non-hydrogen) atoms. The number of carboxylic acid groups (broad SMARTS) is 1. The molecule has 0 aromatic rings. The second-order valence-electron chi connectivity index (χ2n) is 5.42. The Hall–Kier alpha value is -1.30. The summed E-state index contributed by atoms with van der Waals surface area (Å²) in [5.41, 5.74) is 0. The number of amides is 2. The standard InChI is InChI=1S/C14H28N2O4/c1-11(2)7-5-3-4-6-9-15-14(20)16-10-8-12(17)13(18)19/h11-12,17H,3-10H2,1-2H3,(H,18,19)(H2,15,16,20)/t12-/m0/s1. The van der Waals surface area contributed by atoms with E-state index in [1.165, 1.54) is 19.3 Å².